The lowest BCUT2D eigenvalue weighted by molar-refractivity contribution is 1.04. The molecule has 0 aromatic heterocycles. The van der Waals surface area contributed by atoms with Gasteiger partial charge in [-0.1, -0.05) is 12.1 Å². The van der Waals surface area contributed by atoms with Crippen molar-refractivity contribution in [2.24, 2.45) is 0 Å². The number of hydrogen-bond acceptors (Lipinski definition) is 2. The number of rotatable bonds is 0. The van der Waals surface area contributed by atoms with E-state index in [2.05, 4.69) is 54.8 Å². The molecule has 1 radical (unpaired) electrons. The second-order valence-electron chi connectivity index (χ2n) is 2.83. The number of nitrogens with zero attached hydrogens (tertiary/aromatic N) is 2. The van der Waals surface area contributed by atoms with E-state index >= 15 is 0 Å². The summed E-state index contributed by atoms with van der Waals surface area (Å²) in [6.45, 7) is 2.07. The molecule has 1 aliphatic rings. The average Bonchev–Trinajstić information content (AvgIpc) is 2.30. The van der Waals surface area contributed by atoms with Gasteiger partial charge in [-0.3, -0.25) is 0 Å². The highest BCUT2D eigenvalue weighted by Gasteiger charge is 2.19. The highest BCUT2D eigenvalue weighted by molar-refractivity contribution is 5.77. The Kier molecular flexibility index (Phi) is 1.28. The molecule has 0 spiro atoms. The molecule has 0 unspecified atom stereocenters. The zero-order valence-electron chi connectivity index (χ0n) is 6.78. The molecule has 0 saturated carbocycles. The summed E-state index contributed by atoms with van der Waals surface area (Å²) in [5, 5.41) is 0. The smallest absolute Gasteiger partial charge is 0.141 e. The maximum atomic E-state index is 2.12. The Labute approximate surface area is 67.0 Å². The molecule has 1 aromatic rings. The van der Waals surface area contributed by atoms with Crippen LogP contribution in [0.4, 0.5) is 11.4 Å². The maximum Gasteiger partial charge on any atom is 0.141 e. The Morgan fingerprint density at radius 2 is 1.36 bits per heavy atom. The lowest BCUT2D eigenvalue weighted by Gasteiger charge is -2.10. The van der Waals surface area contributed by atoms with Crippen molar-refractivity contribution in [3.63, 3.8) is 0 Å². The molecule has 0 saturated heterocycles. The summed E-state index contributed by atoms with van der Waals surface area (Å²) in [6, 6.07) is 8.36. The van der Waals surface area contributed by atoms with Crippen LogP contribution in [0.5, 0.6) is 0 Å². The van der Waals surface area contributed by atoms with E-state index in [4.69, 9.17) is 0 Å². The summed E-state index contributed by atoms with van der Waals surface area (Å²) < 4.78 is 0. The van der Waals surface area contributed by atoms with Crippen LogP contribution >= 0.6 is 0 Å². The normalized spacial score (nSPS) is 15.5. The third-order valence-electron chi connectivity index (χ3n) is 1.99. The van der Waals surface area contributed by atoms with E-state index in [1.54, 1.807) is 0 Å². The summed E-state index contributed by atoms with van der Waals surface area (Å²) in [6.07, 6.45) is 0. The number of para-hydroxylation sites is 2. The van der Waals surface area contributed by atoms with Crippen molar-refractivity contribution in [1.29, 1.82) is 0 Å². The van der Waals surface area contributed by atoms with Gasteiger partial charge in [-0.05, 0) is 12.1 Å². The standard InChI is InChI=1S/C9H11N2/c1-10-7-11(2)9-6-4-3-5-8(9)10/h3-7H,1-2H3. The molecule has 2 heteroatoms. The monoisotopic (exact) mass is 147 g/mol. The summed E-state index contributed by atoms with van der Waals surface area (Å²) in [4.78, 5) is 4.24. The highest BCUT2D eigenvalue weighted by Crippen LogP contribution is 2.34. The molecule has 0 N–H and O–H groups in total. The summed E-state index contributed by atoms with van der Waals surface area (Å²) in [7, 11) is 4.12. The van der Waals surface area contributed by atoms with Gasteiger partial charge in [0.25, 0.3) is 0 Å². The first-order valence-electron chi connectivity index (χ1n) is 3.69. The quantitative estimate of drug-likeness (QED) is 0.551. The molecule has 0 bridgehead atoms. The van der Waals surface area contributed by atoms with Gasteiger partial charge in [0.1, 0.15) is 6.67 Å². The van der Waals surface area contributed by atoms with Crippen molar-refractivity contribution in [2.75, 3.05) is 23.9 Å². The minimum atomic E-state index is 1.27. The van der Waals surface area contributed by atoms with Gasteiger partial charge < -0.3 is 9.80 Å². The molecule has 0 atom stereocenters. The van der Waals surface area contributed by atoms with Gasteiger partial charge in [0.15, 0.2) is 0 Å². The van der Waals surface area contributed by atoms with E-state index in [0.717, 1.165) is 0 Å². The summed E-state index contributed by atoms with van der Waals surface area (Å²) in [5.41, 5.74) is 2.55. The van der Waals surface area contributed by atoms with Crippen LogP contribution < -0.4 is 9.80 Å². The van der Waals surface area contributed by atoms with Gasteiger partial charge in [-0.15, -0.1) is 0 Å². The highest BCUT2D eigenvalue weighted by atomic mass is 15.3. The first-order chi connectivity index (χ1) is 5.29. The van der Waals surface area contributed by atoms with E-state index in [9.17, 15) is 0 Å². The predicted octanol–water partition coefficient (Wildman–Crippen LogP) is 1.69. The van der Waals surface area contributed by atoms with E-state index in [0.29, 0.717) is 0 Å². The third-order valence-corrected chi connectivity index (χ3v) is 1.99. The van der Waals surface area contributed by atoms with Crippen LogP contribution in [0.15, 0.2) is 24.3 Å². The average molecular weight is 147 g/mol. The van der Waals surface area contributed by atoms with E-state index < -0.39 is 0 Å². The molecule has 1 aliphatic heterocycles. The third kappa shape index (κ3) is 0.862. The zero-order chi connectivity index (χ0) is 7.84. The van der Waals surface area contributed by atoms with Gasteiger partial charge >= 0.3 is 0 Å². The first kappa shape index (κ1) is 6.53. The topological polar surface area (TPSA) is 6.48 Å². The second kappa shape index (κ2) is 2.16. The van der Waals surface area contributed by atoms with Crippen molar-refractivity contribution in [3.8, 4) is 0 Å². The Bertz CT molecular complexity index is 243. The van der Waals surface area contributed by atoms with Crippen LogP contribution in [0.3, 0.4) is 0 Å². The lowest BCUT2D eigenvalue weighted by atomic mass is 10.3. The van der Waals surface area contributed by atoms with Gasteiger partial charge in [0.2, 0.25) is 0 Å². The van der Waals surface area contributed by atoms with Gasteiger partial charge in [0.05, 0.1) is 11.4 Å². The van der Waals surface area contributed by atoms with Gasteiger partial charge in [-0.2, -0.15) is 0 Å². The minimum Gasteiger partial charge on any atom is -0.349 e. The molecule has 0 amide bonds. The van der Waals surface area contributed by atoms with Crippen LogP contribution in [0, 0.1) is 6.67 Å². The van der Waals surface area contributed by atoms with E-state index in [-0.39, 0.29) is 0 Å². The molecular formula is C9H11N2. The van der Waals surface area contributed by atoms with Crippen molar-refractivity contribution in [2.45, 2.75) is 0 Å². The Morgan fingerprint density at radius 3 is 1.82 bits per heavy atom. The molecule has 11 heavy (non-hydrogen) atoms. The summed E-state index contributed by atoms with van der Waals surface area (Å²) in [5.74, 6) is 0. The molecule has 0 aliphatic carbocycles. The zero-order valence-corrected chi connectivity index (χ0v) is 6.78. The Hall–Kier alpha value is -1.18. The molecule has 0 fully saturated rings. The number of hydrogen-bond donors (Lipinski definition) is 0. The molecule has 1 heterocycles. The van der Waals surface area contributed by atoms with E-state index in [1.165, 1.54) is 11.4 Å². The minimum absolute atomic E-state index is 1.27. The van der Waals surface area contributed by atoms with Crippen LogP contribution in [0.25, 0.3) is 0 Å². The number of fused-ring (bicyclic) bond motifs is 1. The van der Waals surface area contributed by atoms with E-state index in [1.807, 2.05) is 0 Å². The van der Waals surface area contributed by atoms with Crippen LogP contribution in [0.2, 0.25) is 0 Å². The van der Waals surface area contributed by atoms with Crippen molar-refractivity contribution in [1.82, 2.24) is 0 Å². The summed E-state index contributed by atoms with van der Waals surface area (Å²) >= 11 is 0. The van der Waals surface area contributed by atoms with Gasteiger partial charge in [0, 0.05) is 14.1 Å². The van der Waals surface area contributed by atoms with Crippen molar-refractivity contribution in [3.05, 3.63) is 30.9 Å². The van der Waals surface area contributed by atoms with Gasteiger partial charge in [-0.25, -0.2) is 0 Å². The molecule has 2 nitrogen and oxygen atoms in total. The fraction of sp³-hybridized carbons (Fsp3) is 0.222. The Morgan fingerprint density at radius 1 is 0.909 bits per heavy atom. The van der Waals surface area contributed by atoms with Crippen LogP contribution in [-0.2, 0) is 0 Å². The fourth-order valence-corrected chi connectivity index (χ4v) is 1.44. The Balaban J connectivity index is 2.52. The van der Waals surface area contributed by atoms with Crippen LogP contribution in [0.1, 0.15) is 0 Å². The van der Waals surface area contributed by atoms with Crippen molar-refractivity contribution >= 4 is 11.4 Å². The number of benzene rings is 1. The van der Waals surface area contributed by atoms with Crippen LogP contribution in [-0.4, -0.2) is 14.1 Å². The molecule has 1 aromatic carbocycles. The number of anilines is 2. The maximum absolute atomic E-state index is 2.12. The molecule has 57 valence electrons. The first-order valence-corrected chi connectivity index (χ1v) is 3.69. The van der Waals surface area contributed by atoms with Crippen molar-refractivity contribution < 1.29 is 0 Å². The second-order valence-corrected chi connectivity index (χ2v) is 2.83. The molecule has 2 rings (SSSR count). The largest absolute Gasteiger partial charge is 0.349 e. The predicted molar refractivity (Wildman–Crippen MR) is 47.5 cm³/mol. The molecular weight excluding hydrogens is 136 g/mol. The lowest BCUT2D eigenvalue weighted by Crippen LogP contribution is -2.16. The SMILES string of the molecule is CN1[CH]N(C)c2ccccc21. The fourth-order valence-electron chi connectivity index (χ4n) is 1.44.